The second kappa shape index (κ2) is 4.37. The third-order valence-corrected chi connectivity index (χ3v) is 2.28. The summed E-state index contributed by atoms with van der Waals surface area (Å²) < 4.78 is 15.3. The Bertz CT molecular complexity index is 493. The number of carbonyl (C=O) groups is 1. The smallest absolute Gasteiger partial charge is 0.231 e. The van der Waals surface area contributed by atoms with Crippen LogP contribution in [0.5, 0.6) is 0 Å². The quantitative estimate of drug-likeness (QED) is 0.743. The molecule has 0 radical (unpaired) electrons. The topological polar surface area (TPSA) is 52.6 Å². The second-order valence-corrected chi connectivity index (χ2v) is 3.42. The van der Waals surface area contributed by atoms with Crippen LogP contribution >= 0.6 is 0 Å². The SMILES string of the molecule is COCc1ccc(C(=O)c2ccoc2C)o1. The van der Waals surface area contributed by atoms with Gasteiger partial charge in [-0.25, -0.2) is 0 Å². The van der Waals surface area contributed by atoms with E-state index in [1.165, 1.54) is 6.26 Å². The highest BCUT2D eigenvalue weighted by molar-refractivity contribution is 6.07. The third kappa shape index (κ3) is 1.92. The van der Waals surface area contributed by atoms with Crippen LogP contribution in [-0.2, 0) is 11.3 Å². The number of ketones is 1. The van der Waals surface area contributed by atoms with Crippen molar-refractivity contribution in [1.82, 2.24) is 0 Å². The van der Waals surface area contributed by atoms with E-state index >= 15 is 0 Å². The van der Waals surface area contributed by atoms with Crippen molar-refractivity contribution in [2.24, 2.45) is 0 Å². The van der Waals surface area contributed by atoms with E-state index in [9.17, 15) is 4.79 Å². The molecule has 16 heavy (non-hydrogen) atoms. The predicted molar refractivity (Wildman–Crippen MR) is 56.3 cm³/mol. The fourth-order valence-electron chi connectivity index (χ4n) is 1.47. The number of aryl methyl sites for hydroxylation is 1. The van der Waals surface area contributed by atoms with E-state index in [1.54, 1.807) is 32.2 Å². The first-order valence-electron chi connectivity index (χ1n) is 4.89. The summed E-state index contributed by atoms with van der Waals surface area (Å²) in [4.78, 5) is 12.0. The Morgan fingerprint density at radius 1 is 1.38 bits per heavy atom. The number of hydrogen-bond acceptors (Lipinski definition) is 4. The number of methoxy groups -OCH3 is 1. The van der Waals surface area contributed by atoms with Gasteiger partial charge in [0.05, 0.1) is 11.8 Å². The van der Waals surface area contributed by atoms with Crippen LogP contribution in [0, 0.1) is 6.92 Å². The lowest BCUT2D eigenvalue weighted by atomic mass is 10.1. The average Bonchev–Trinajstić information content (AvgIpc) is 2.87. The second-order valence-electron chi connectivity index (χ2n) is 3.42. The first-order valence-corrected chi connectivity index (χ1v) is 4.89. The minimum Gasteiger partial charge on any atom is -0.469 e. The van der Waals surface area contributed by atoms with Crippen LogP contribution in [0.1, 0.15) is 27.6 Å². The molecule has 2 aromatic heterocycles. The molecule has 0 fully saturated rings. The number of rotatable bonds is 4. The van der Waals surface area contributed by atoms with Crippen LogP contribution in [0.3, 0.4) is 0 Å². The number of ether oxygens (including phenoxy) is 1. The summed E-state index contributed by atoms with van der Waals surface area (Å²) in [5.41, 5.74) is 0.526. The van der Waals surface area contributed by atoms with Crippen molar-refractivity contribution in [3.05, 3.63) is 47.3 Å². The van der Waals surface area contributed by atoms with Gasteiger partial charge in [0, 0.05) is 7.11 Å². The number of hydrogen-bond donors (Lipinski definition) is 0. The molecule has 2 rings (SSSR count). The first kappa shape index (κ1) is 10.7. The maximum absolute atomic E-state index is 12.0. The average molecular weight is 220 g/mol. The van der Waals surface area contributed by atoms with Crippen LogP contribution in [0.2, 0.25) is 0 Å². The molecule has 0 unspecified atom stereocenters. The highest BCUT2D eigenvalue weighted by Crippen LogP contribution is 2.17. The molecule has 0 saturated heterocycles. The fourth-order valence-corrected chi connectivity index (χ4v) is 1.47. The molecule has 2 heterocycles. The molecular weight excluding hydrogens is 208 g/mol. The van der Waals surface area contributed by atoms with Crippen LogP contribution in [0.4, 0.5) is 0 Å². The van der Waals surface area contributed by atoms with Gasteiger partial charge in [0.2, 0.25) is 5.78 Å². The Morgan fingerprint density at radius 2 is 2.19 bits per heavy atom. The summed E-state index contributed by atoms with van der Waals surface area (Å²) in [6.45, 7) is 2.10. The summed E-state index contributed by atoms with van der Waals surface area (Å²) in [7, 11) is 1.57. The van der Waals surface area contributed by atoms with Gasteiger partial charge in [-0.1, -0.05) is 0 Å². The van der Waals surface area contributed by atoms with Gasteiger partial charge >= 0.3 is 0 Å². The van der Waals surface area contributed by atoms with Crippen molar-refractivity contribution in [3.63, 3.8) is 0 Å². The molecule has 2 aromatic rings. The van der Waals surface area contributed by atoms with Gasteiger partial charge in [-0.05, 0) is 25.1 Å². The molecule has 0 aliphatic heterocycles. The standard InChI is InChI=1S/C12H12O4/c1-8-10(5-6-15-8)12(13)11-4-3-9(16-11)7-14-2/h3-6H,7H2,1-2H3. The van der Waals surface area contributed by atoms with Crippen LogP contribution in [0.25, 0.3) is 0 Å². The van der Waals surface area contributed by atoms with Crippen molar-refractivity contribution in [2.45, 2.75) is 13.5 Å². The van der Waals surface area contributed by atoms with E-state index in [0.717, 1.165) is 0 Å². The molecule has 0 aliphatic rings. The number of furan rings is 2. The summed E-state index contributed by atoms with van der Waals surface area (Å²) in [5.74, 6) is 1.35. The van der Waals surface area contributed by atoms with E-state index in [0.29, 0.717) is 29.5 Å². The zero-order valence-corrected chi connectivity index (χ0v) is 9.15. The lowest BCUT2D eigenvalue weighted by molar-refractivity contribution is 0.0998. The Kier molecular flexibility index (Phi) is 2.92. The van der Waals surface area contributed by atoms with Crippen molar-refractivity contribution >= 4 is 5.78 Å². The van der Waals surface area contributed by atoms with E-state index in [1.807, 2.05) is 0 Å². The molecule has 0 aromatic carbocycles. The largest absolute Gasteiger partial charge is 0.469 e. The summed E-state index contributed by atoms with van der Waals surface area (Å²) in [6.07, 6.45) is 1.49. The van der Waals surface area contributed by atoms with E-state index in [2.05, 4.69) is 0 Å². The van der Waals surface area contributed by atoms with E-state index in [-0.39, 0.29) is 5.78 Å². The lowest BCUT2D eigenvalue weighted by Crippen LogP contribution is -1.99. The maximum Gasteiger partial charge on any atom is 0.231 e. The van der Waals surface area contributed by atoms with Crippen molar-refractivity contribution in [2.75, 3.05) is 7.11 Å². The molecule has 4 heteroatoms. The van der Waals surface area contributed by atoms with Gasteiger partial charge in [0.15, 0.2) is 5.76 Å². The van der Waals surface area contributed by atoms with Gasteiger partial charge < -0.3 is 13.6 Å². The predicted octanol–water partition coefficient (Wildman–Crippen LogP) is 2.56. The van der Waals surface area contributed by atoms with Gasteiger partial charge in [0.25, 0.3) is 0 Å². The van der Waals surface area contributed by atoms with Gasteiger partial charge in [-0.3, -0.25) is 4.79 Å². The maximum atomic E-state index is 12.0. The number of carbonyl (C=O) groups excluding carboxylic acids is 1. The molecule has 84 valence electrons. The molecule has 0 saturated carbocycles. The molecule has 0 amide bonds. The molecule has 0 N–H and O–H groups in total. The monoisotopic (exact) mass is 220 g/mol. The minimum absolute atomic E-state index is 0.173. The highest BCUT2D eigenvalue weighted by Gasteiger charge is 2.17. The molecule has 0 atom stereocenters. The zero-order valence-electron chi connectivity index (χ0n) is 9.15. The van der Waals surface area contributed by atoms with Crippen molar-refractivity contribution < 1.29 is 18.4 Å². The van der Waals surface area contributed by atoms with E-state index < -0.39 is 0 Å². The van der Waals surface area contributed by atoms with Crippen LogP contribution < -0.4 is 0 Å². The molecule has 0 bridgehead atoms. The Hall–Kier alpha value is -1.81. The highest BCUT2D eigenvalue weighted by atomic mass is 16.5. The van der Waals surface area contributed by atoms with Gasteiger partial charge in [-0.15, -0.1) is 0 Å². The first-order chi connectivity index (χ1) is 7.72. The molecule has 0 spiro atoms. The summed E-state index contributed by atoms with van der Waals surface area (Å²) in [6, 6.07) is 5.01. The van der Waals surface area contributed by atoms with Crippen molar-refractivity contribution in [3.8, 4) is 0 Å². The lowest BCUT2D eigenvalue weighted by Gasteiger charge is -1.95. The Morgan fingerprint density at radius 3 is 2.81 bits per heavy atom. The van der Waals surface area contributed by atoms with Gasteiger partial charge in [0.1, 0.15) is 18.1 Å². The molecular formula is C12H12O4. The van der Waals surface area contributed by atoms with Crippen LogP contribution in [-0.4, -0.2) is 12.9 Å². The molecule has 0 aliphatic carbocycles. The zero-order chi connectivity index (χ0) is 11.5. The normalized spacial score (nSPS) is 10.6. The third-order valence-electron chi connectivity index (χ3n) is 2.28. The Balaban J connectivity index is 2.24. The molecule has 4 nitrogen and oxygen atoms in total. The minimum atomic E-state index is -0.173. The van der Waals surface area contributed by atoms with Gasteiger partial charge in [-0.2, -0.15) is 0 Å². The summed E-state index contributed by atoms with van der Waals surface area (Å²) in [5, 5.41) is 0. The van der Waals surface area contributed by atoms with Crippen molar-refractivity contribution in [1.29, 1.82) is 0 Å². The van der Waals surface area contributed by atoms with Crippen LogP contribution in [0.15, 0.2) is 33.3 Å². The van der Waals surface area contributed by atoms with E-state index in [4.69, 9.17) is 13.6 Å². The fraction of sp³-hybridized carbons (Fsp3) is 0.250. The summed E-state index contributed by atoms with van der Waals surface area (Å²) >= 11 is 0. The Labute approximate surface area is 92.8 Å².